The molecule has 0 aromatic heterocycles. The van der Waals surface area contributed by atoms with E-state index in [0.717, 1.165) is 5.56 Å². The number of hydrogen-bond acceptors (Lipinski definition) is 5. The molecule has 6 nitrogen and oxygen atoms in total. The van der Waals surface area contributed by atoms with Crippen molar-refractivity contribution in [2.75, 3.05) is 27.4 Å². The molecule has 3 rings (SSSR count). The number of rotatable bonds is 7. The van der Waals surface area contributed by atoms with Crippen LogP contribution in [0.15, 0.2) is 42.0 Å². The van der Waals surface area contributed by atoms with Crippen molar-refractivity contribution in [3.8, 4) is 5.75 Å². The first kappa shape index (κ1) is 22.5. The molecule has 0 spiro atoms. The highest BCUT2D eigenvalue weighted by atomic mass is 19.1. The molecule has 0 bridgehead atoms. The molecule has 1 aliphatic heterocycles. The molecule has 0 radical (unpaired) electrons. The molecule has 1 aliphatic rings. The van der Waals surface area contributed by atoms with Crippen LogP contribution in [0.2, 0.25) is 0 Å². The van der Waals surface area contributed by atoms with Gasteiger partial charge in [-0.3, -0.25) is 9.59 Å². The van der Waals surface area contributed by atoms with Gasteiger partial charge in [-0.25, -0.2) is 4.39 Å². The largest absolute Gasteiger partial charge is 0.507 e. The quantitative estimate of drug-likeness (QED) is 0.314. The van der Waals surface area contributed by atoms with Crippen molar-refractivity contribution in [2.45, 2.75) is 26.3 Å². The van der Waals surface area contributed by atoms with Gasteiger partial charge in [-0.05, 0) is 49.6 Å². The topological polar surface area (TPSA) is 76.1 Å². The third kappa shape index (κ3) is 4.18. The van der Waals surface area contributed by atoms with Crippen molar-refractivity contribution >= 4 is 17.4 Å². The SMILES string of the molecule is COCCCN1C(=O)C(=O)/C(=C(/O)c2cc(C)c(OC)cc2C)C1c1ccccc1F. The number of aryl methyl sites for hydroxylation is 2. The van der Waals surface area contributed by atoms with E-state index in [2.05, 4.69) is 0 Å². The molecule has 1 saturated heterocycles. The summed E-state index contributed by atoms with van der Waals surface area (Å²) >= 11 is 0. The minimum Gasteiger partial charge on any atom is -0.507 e. The van der Waals surface area contributed by atoms with Crippen LogP contribution in [0.25, 0.3) is 5.76 Å². The average molecular weight is 427 g/mol. The zero-order valence-corrected chi connectivity index (χ0v) is 18.1. The molecule has 1 fully saturated rings. The van der Waals surface area contributed by atoms with Gasteiger partial charge in [0.25, 0.3) is 11.7 Å². The van der Waals surface area contributed by atoms with Crippen molar-refractivity contribution in [3.63, 3.8) is 0 Å². The van der Waals surface area contributed by atoms with E-state index in [9.17, 15) is 19.1 Å². The lowest BCUT2D eigenvalue weighted by atomic mass is 9.93. The van der Waals surface area contributed by atoms with Crippen LogP contribution in [0.4, 0.5) is 4.39 Å². The molecule has 0 aliphatic carbocycles. The first-order valence-electron chi connectivity index (χ1n) is 9.99. The number of Topliss-reactive ketones (excluding diaryl/α,β-unsaturated/α-hetero) is 1. The lowest BCUT2D eigenvalue weighted by molar-refractivity contribution is -0.140. The molecule has 164 valence electrons. The summed E-state index contributed by atoms with van der Waals surface area (Å²) < 4.78 is 25.1. The van der Waals surface area contributed by atoms with Crippen molar-refractivity contribution in [1.82, 2.24) is 4.90 Å². The number of likely N-dealkylation sites (tertiary alicyclic amines) is 1. The minimum atomic E-state index is -1.03. The number of aliphatic hydroxyl groups is 1. The predicted octanol–water partition coefficient (Wildman–Crippen LogP) is 3.91. The van der Waals surface area contributed by atoms with Gasteiger partial charge >= 0.3 is 0 Å². The van der Waals surface area contributed by atoms with Gasteiger partial charge in [0.05, 0.1) is 18.7 Å². The van der Waals surface area contributed by atoms with Crippen LogP contribution in [-0.2, 0) is 14.3 Å². The van der Waals surface area contributed by atoms with E-state index in [4.69, 9.17) is 9.47 Å². The number of ether oxygens (including phenoxy) is 2. The highest BCUT2D eigenvalue weighted by Crippen LogP contribution is 2.41. The number of methoxy groups -OCH3 is 2. The lowest BCUT2D eigenvalue weighted by Gasteiger charge is -2.25. The highest BCUT2D eigenvalue weighted by molar-refractivity contribution is 6.46. The molecule has 2 aromatic carbocycles. The van der Waals surface area contributed by atoms with Crippen LogP contribution in [0.3, 0.4) is 0 Å². The van der Waals surface area contributed by atoms with Crippen LogP contribution in [0.5, 0.6) is 5.75 Å². The number of halogens is 1. The van der Waals surface area contributed by atoms with E-state index < -0.39 is 23.5 Å². The smallest absolute Gasteiger partial charge is 0.295 e. The van der Waals surface area contributed by atoms with Crippen LogP contribution in [0.1, 0.15) is 34.7 Å². The average Bonchev–Trinajstić information content (AvgIpc) is 3.00. The van der Waals surface area contributed by atoms with E-state index >= 15 is 0 Å². The van der Waals surface area contributed by atoms with Gasteiger partial charge in [-0.2, -0.15) is 0 Å². The van der Waals surface area contributed by atoms with E-state index in [0.29, 0.717) is 29.9 Å². The second-order valence-corrected chi connectivity index (χ2v) is 7.50. The summed E-state index contributed by atoms with van der Waals surface area (Å²) in [5, 5.41) is 11.2. The molecule has 1 amide bonds. The van der Waals surface area contributed by atoms with Crippen LogP contribution in [0, 0.1) is 19.7 Å². The summed E-state index contributed by atoms with van der Waals surface area (Å²) in [6.07, 6.45) is 0.467. The predicted molar refractivity (Wildman–Crippen MR) is 114 cm³/mol. The van der Waals surface area contributed by atoms with E-state index in [1.165, 1.54) is 30.2 Å². The molecular weight excluding hydrogens is 401 g/mol. The Morgan fingerprint density at radius 2 is 1.84 bits per heavy atom. The summed E-state index contributed by atoms with van der Waals surface area (Å²) in [6, 6.07) is 8.38. The van der Waals surface area contributed by atoms with Crippen molar-refractivity contribution in [1.29, 1.82) is 0 Å². The number of ketones is 1. The number of carbonyl (C=O) groups is 2. The summed E-state index contributed by atoms with van der Waals surface area (Å²) in [5.41, 5.74) is 1.85. The Bertz CT molecular complexity index is 1050. The number of aliphatic hydroxyl groups excluding tert-OH is 1. The molecule has 2 aromatic rings. The molecule has 1 atom stereocenters. The van der Waals surface area contributed by atoms with E-state index in [-0.39, 0.29) is 23.4 Å². The monoisotopic (exact) mass is 427 g/mol. The molecule has 0 saturated carbocycles. The Hall–Kier alpha value is -3.19. The number of amides is 1. The third-order valence-corrected chi connectivity index (χ3v) is 5.48. The molecule has 31 heavy (non-hydrogen) atoms. The number of hydrogen-bond donors (Lipinski definition) is 1. The maximum Gasteiger partial charge on any atom is 0.295 e. The van der Waals surface area contributed by atoms with Gasteiger partial charge in [-0.15, -0.1) is 0 Å². The van der Waals surface area contributed by atoms with Gasteiger partial charge in [0, 0.05) is 31.4 Å². The standard InChI is InChI=1S/C24H26FNO5/c1-14-13-19(31-4)15(2)12-17(14)22(27)20-21(16-8-5-6-9-18(16)25)26(10-7-11-30-3)24(29)23(20)28/h5-6,8-9,12-13,21,27H,7,10-11H2,1-4H3/b22-20+. The zero-order chi connectivity index (χ0) is 22.7. The minimum absolute atomic E-state index is 0.125. The summed E-state index contributed by atoms with van der Waals surface area (Å²) in [5.74, 6) is -1.85. The van der Waals surface area contributed by atoms with Crippen LogP contribution < -0.4 is 4.74 Å². The number of benzene rings is 2. The van der Waals surface area contributed by atoms with Crippen molar-refractivity contribution in [2.24, 2.45) is 0 Å². The molecule has 1 unspecified atom stereocenters. The first-order valence-corrected chi connectivity index (χ1v) is 9.99. The Morgan fingerprint density at radius 3 is 2.48 bits per heavy atom. The highest BCUT2D eigenvalue weighted by Gasteiger charge is 2.46. The van der Waals surface area contributed by atoms with Gasteiger partial charge in [0.1, 0.15) is 17.3 Å². The summed E-state index contributed by atoms with van der Waals surface area (Å²) in [4.78, 5) is 27.1. The van der Waals surface area contributed by atoms with Gasteiger partial charge in [0.15, 0.2) is 0 Å². The second-order valence-electron chi connectivity index (χ2n) is 7.50. The normalized spacial score (nSPS) is 18.0. The first-order chi connectivity index (χ1) is 14.8. The fraction of sp³-hybridized carbons (Fsp3) is 0.333. The summed E-state index contributed by atoms with van der Waals surface area (Å²) in [6.45, 7) is 4.15. The van der Waals surface area contributed by atoms with Crippen molar-refractivity contribution in [3.05, 3.63) is 70.0 Å². The molecule has 7 heteroatoms. The Balaban J connectivity index is 2.20. The third-order valence-electron chi connectivity index (χ3n) is 5.48. The van der Waals surface area contributed by atoms with Gasteiger partial charge in [0.2, 0.25) is 0 Å². The van der Waals surface area contributed by atoms with E-state index in [1.54, 1.807) is 32.2 Å². The van der Waals surface area contributed by atoms with Crippen LogP contribution in [-0.4, -0.2) is 49.1 Å². The zero-order valence-electron chi connectivity index (χ0n) is 18.1. The van der Waals surface area contributed by atoms with E-state index in [1.807, 2.05) is 6.92 Å². The van der Waals surface area contributed by atoms with Crippen LogP contribution >= 0.6 is 0 Å². The number of nitrogens with zero attached hydrogens (tertiary/aromatic N) is 1. The lowest BCUT2D eigenvalue weighted by Crippen LogP contribution is -2.31. The summed E-state index contributed by atoms with van der Waals surface area (Å²) in [7, 11) is 3.09. The number of carbonyl (C=O) groups excluding carboxylic acids is 2. The Kier molecular flexibility index (Phi) is 6.75. The van der Waals surface area contributed by atoms with Crippen molar-refractivity contribution < 1.29 is 28.6 Å². The Labute approximate surface area is 180 Å². The fourth-order valence-corrected chi connectivity index (χ4v) is 3.92. The maximum atomic E-state index is 14.7. The van der Waals surface area contributed by atoms with Gasteiger partial charge < -0.3 is 19.5 Å². The second kappa shape index (κ2) is 9.31. The van der Waals surface area contributed by atoms with Gasteiger partial charge in [-0.1, -0.05) is 18.2 Å². The molecule has 1 N–H and O–H groups in total. The Morgan fingerprint density at radius 1 is 1.13 bits per heavy atom. The molecule has 1 heterocycles. The fourth-order valence-electron chi connectivity index (χ4n) is 3.92. The maximum absolute atomic E-state index is 14.7. The molecular formula is C24H26FNO5.